The normalized spacial score (nSPS) is 12.6. The molecule has 0 saturated carbocycles. The molecule has 2 aromatic rings. The van der Waals surface area contributed by atoms with E-state index >= 15 is 0 Å². The lowest BCUT2D eigenvalue weighted by atomic mass is 10.3. The Kier molecular flexibility index (Phi) is 4.51. The lowest BCUT2D eigenvalue weighted by Gasteiger charge is -2.02. The lowest BCUT2D eigenvalue weighted by molar-refractivity contribution is 0.665. The van der Waals surface area contributed by atoms with Gasteiger partial charge < -0.3 is 0 Å². The van der Waals surface area contributed by atoms with E-state index in [9.17, 15) is 0 Å². The van der Waals surface area contributed by atoms with E-state index in [-0.39, 0.29) is 5.38 Å². The van der Waals surface area contributed by atoms with Gasteiger partial charge in [0.25, 0.3) is 0 Å². The Labute approximate surface area is 111 Å². The van der Waals surface area contributed by atoms with Crippen LogP contribution in [0.4, 0.5) is 0 Å². The van der Waals surface area contributed by atoms with Crippen molar-refractivity contribution in [3.05, 3.63) is 48.3 Å². The molecule has 4 heteroatoms. The predicted molar refractivity (Wildman–Crippen MR) is 73.7 cm³/mol. The van der Waals surface area contributed by atoms with Crippen LogP contribution in [0.3, 0.4) is 0 Å². The molecule has 0 bridgehead atoms. The molecule has 2 nitrogen and oxygen atoms in total. The molecule has 0 aliphatic rings. The number of alkyl halides is 1. The maximum absolute atomic E-state index is 5.99. The fourth-order valence-corrected chi connectivity index (χ4v) is 2.46. The van der Waals surface area contributed by atoms with Crippen LogP contribution in [0.25, 0.3) is 0 Å². The number of aryl methyl sites for hydroxylation is 1. The molecular formula is C13H15ClN2S. The molecule has 0 radical (unpaired) electrons. The van der Waals surface area contributed by atoms with Crippen LogP contribution in [-0.2, 0) is 6.54 Å². The van der Waals surface area contributed by atoms with Gasteiger partial charge in [0, 0.05) is 22.4 Å². The molecule has 0 aliphatic carbocycles. The minimum absolute atomic E-state index is 0.0329. The van der Waals surface area contributed by atoms with Gasteiger partial charge in [-0.25, -0.2) is 0 Å². The van der Waals surface area contributed by atoms with Crippen LogP contribution in [0.15, 0.2) is 47.6 Å². The number of halogens is 1. The Bertz CT molecular complexity index is 453. The van der Waals surface area contributed by atoms with Crippen molar-refractivity contribution in [1.82, 2.24) is 9.78 Å². The molecule has 0 saturated heterocycles. The second kappa shape index (κ2) is 6.12. The maximum atomic E-state index is 5.99. The van der Waals surface area contributed by atoms with Gasteiger partial charge in [-0.2, -0.15) is 5.10 Å². The van der Waals surface area contributed by atoms with Gasteiger partial charge in [-0.15, -0.1) is 23.4 Å². The van der Waals surface area contributed by atoms with E-state index in [1.165, 1.54) is 4.90 Å². The second-order valence-electron chi connectivity index (χ2n) is 3.81. The van der Waals surface area contributed by atoms with Gasteiger partial charge in [0.1, 0.15) is 0 Å². The highest BCUT2D eigenvalue weighted by molar-refractivity contribution is 7.99. The average molecular weight is 267 g/mol. The Morgan fingerprint density at radius 3 is 2.76 bits per heavy atom. The molecular weight excluding hydrogens is 252 g/mol. The first-order chi connectivity index (χ1) is 8.25. The SMILES string of the molecule is CC(Cl)c1cnn(CCSc2ccccc2)c1. The first-order valence-corrected chi connectivity index (χ1v) is 7.02. The summed E-state index contributed by atoms with van der Waals surface area (Å²) in [5.41, 5.74) is 1.08. The van der Waals surface area contributed by atoms with Crippen LogP contribution in [0.5, 0.6) is 0 Å². The Balaban J connectivity index is 1.82. The number of hydrogen-bond donors (Lipinski definition) is 0. The summed E-state index contributed by atoms with van der Waals surface area (Å²) in [7, 11) is 0. The third kappa shape index (κ3) is 3.79. The van der Waals surface area contributed by atoms with E-state index in [0.717, 1.165) is 17.9 Å². The van der Waals surface area contributed by atoms with E-state index in [1.807, 2.05) is 41.8 Å². The molecule has 0 spiro atoms. The number of nitrogens with zero attached hydrogens (tertiary/aromatic N) is 2. The van der Waals surface area contributed by atoms with Crippen LogP contribution in [0.1, 0.15) is 17.9 Å². The molecule has 0 amide bonds. The fraction of sp³-hybridized carbons (Fsp3) is 0.308. The molecule has 0 N–H and O–H groups in total. The summed E-state index contributed by atoms with van der Waals surface area (Å²) in [5.74, 6) is 1.02. The van der Waals surface area contributed by atoms with Crippen LogP contribution in [-0.4, -0.2) is 15.5 Å². The summed E-state index contributed by atoms with van der Waals surface area (Å²) in [6.45, 7) is 2.87. The van der Waals surface area contributed by atoms with Gasteiger partial charge in [0.05, 0.1) is 18.1 Å². The van der Waals surface area contributed by atoms with Gasteiger partial charge in [-0.3, -0.25) is 4.68 Å². The zero-order chi connectivity index (χ0) is 12.1. The topological polar surface area (TPSA) is 17.8 Å². The highest BCUT2D eigenvalue weighted by atomic mass is 35.5. The zero-order valence-corrected chi connectivity index (χ0v) is 11.3. The lowest BCUT2D eigenvalue weighted by Crippen LogP contribution is -2.00. The summed E-state index contributed by atoms with van der Waals surface area (Å²) in [5, 5.41) is 4.32. The molecule has 0 aliphatic heterocycles. The van der Waals surface area contributed by atoms with Crippen LogP contribution < -0.4 is 0 Å². The van der Waals surface area contributed by atoms with E-state index < -0.39 is 0 Å². The molecule has 1 aromatic heterocycles. The Morgan fingerprint density at radius 1 is 1.35 bits per heavy atom. The van der Waals surface area contributed by atoms with E-state index in [1.54, 1.807) is 0 Å². The minimum Gasteiger partial charge on any atom is -0.272 e. The predicted octanol–water partition coefficient (Wildman–Crippen LogP) is 3.98. The van der Waals surface area contributed by atoms with Crippen molar-refractivity contribution in [2.45, 2.75) is 23.7 Å². The number of thioether (sulfide) groups is 1. The summed E-state index contributed by atoms with van der Waals surface area (Å²) in [4.78, 5) is 1.30. The second-order valence-corrected chi connectivity index (χ2v) is 5.64. The summed E-state index contributed by atoms with van der Waals surface area (Å²) in [6, 6.07) is 10.4. The largest absolute Gasteiger partial charge is 0.272 e. The summed E-state index contributed by atoms with van der Waals surface area (Å²) in [6.07, 6.45) is 3.86. The summed E-state index contributed by atoms with van der Waals surface area (Å²) < 4.78 is 1.95. The molecule has 1 aromatic carbocycles. The van der Waals surface area contributed by atoms with Gasteiger partial charge in [0.15, 0.2) is 0 Å². The molecule has 1 heterocycles. The van der Waals surface area contributed by atoms with Gasteiger partial charge in [0.2, 0.25) is 0 Å². The highest BCUT2D eigenvalue weighted by Crippen LogP contribution is 2.19. The van der Waals surface area contributed by atoms with Crippen molar-refractivity contribution in [3.8, 4) is 0 Å². The van der Waals surface area contributed by atoms with Crippen LogP contribution >= 0.6 is 23.4 Å². The average Bonchev–Trinajstić information content (AvgIpc) is 2.79. The number of aromatic nitrogens is 2. The van der Waals surface area contributed by atoms with Crippen molar-refractivity contribution in [3.63, 3.8) is 0 Å². The molecule has 0 fully saturated rings. The fourth-order valence-electron chi connectivity index (χ4n) is 1.48. The first kappa shape index (κ1) is 12.5. The zero-order valence-electron chi connectivity index (χ0n) is 9.71. The molecule has 1 unspecified atom stereocenters. The van der Waals surface area contributed by atoms with Crippen molar-refractivity contribution >= 4 is 23.4 Å². The Morgan fingerprint density at radius 2 is 2.12 bits per heavy atom. The first-order valence-electron chi connectivity index (χ1n) is 5.60. The van der Waals surface area contributed by atoms with Crippen molar-refractivity contribution < 1.29 is 0 Å². The van der Waals surface area contributed by atoms with E-state index in [4.69, 9.17) is 11.6 Å². The van der Waals surface area contributed by atoms with Crippen molar-refractivity contribution in [1.29, 1.82) is 0 Å². The number of rotatable bonds is 5. The van der Waals surface area contributed by atoms with Gasteiger partial charge in [-0.1, -0.05) is 18.2 Å². The highest BCUT2D eigenvalue weighted by Gasteiger charge is 2.04. The third-order valence-electron chi connectivity index (χ3n) is 2.44. The van der Waals surface area contributed by atoms with Crippen LogP contribution in [0.2, 0.25) is 0 Å². The van der Waals surface area contributed by atoms with Crippen molar-refractivity contribution in [2.24, 2.45) is 0 Å². The minimum atomic E-state index is 0.0329. The molecule has 2 rings (SSSR count). The molecule has 90 valence electrons. The Hall–Kier alpha value is -0.930. The smallest absolute Gasteiger partial charge is 0.0588 e. The number of hydrogen-bond acceptors (Lipinski definition) is 2. The van der Waals surface area contributed by atoms with Crippen molar-refractivity contribution in [2.75, 3.05) is 5.75 Å². The monoisotopic (exact) mass is 266 g/mol. The summed E-state index contributed by atoms with van der Waals surface area (Å²) >= 11 is 7.83. The molecule has 17 heavy (non-hydrogen) atoms. The standard InChI is InChI=1S/C13H15ClN2S/c1-11(14)12-9-15-16(10-12)7-8-17-13-5-3-2-4-6-13/h2-6,9-11H,7-8H2,1H3. The quantitative estimate of drug-likeness (QED) is 0.602. The van der Waals surface area contributed by atoms with E-state index in [2.05, 4.69) is 29.4 Å². The number of benzene rings is 1. The van der Waals surface area contributed by atoms with Crippen LogP contribution in [0, 0.1) is 0 Å². The molecule has 1 atom stereocenters. The third-order valence-corrected chi connectivity index (χ3v) is 3.69. The van der Waals surface area contributed by atoms with Gasteiger partial charge >= 0.3 is 0 Å². The van der Waals surface area contributed by atoms with E-state index in [0.29, 0.717) is 0 Å². The van der Waals surface area contributed by atoms with Gasteiger partial charge in [-0.05, 0) is 19.1 Å². The maximum Gasteiger partial charge on any atom is 0.0588 e.